The van der Waals surface area contributed by atoms with Crippen LogP contribution >= 0.6 is 0 Å². The molecule has 4 unspecified atom stereocenters. The predicted molar refractivity (Wildman–Crippen MR) is 85.2 cm³/mol. The van der Waals surface area contributed by atoms with Crippen molar-refractivity contribution in [3.63, 3.8) is 0 Å². The molecule has 3 saturated carbocycles. The summed E-state index contributed by atoms with van der Waals surface area (Å²) in [5.41, 5.74) is 1.30. The number of fused-ring (bicyclic) bond motifs is 2. The van der Waals surface area contributed by atoms with Crippen molar-refractivity contribution >= 4 is 0 Å². The lowest BCUT2D eigenvalue weighted by Gasteiger charge is -2.30. The standard InChI is InChI=1S/C18H29N3/c1-19-18(17-11-13-6-7-14(17)10-13)12-15-8-9-21(20-15)16-4-2-3-5-16/h8-9,13-14,16-19H,2-7,10-12H2,1H3. The monoisotopic (exact) mass is 287 g/mol. The minimum Gasteiger partial charge on any atom is -0.316 e. The van der Waals surface area contributed by atoms with E-state index in [-0.39, 0.29) is 0 Å². The number of hydrogen-bond donors (Lipinski definition) is 1. The van der Waals surface area contributed by atoms with Crippen molar-refractivity contribution in [1.29, 1.82) is 0 Å². The van der Waals surface area contributed by atoms with Crippen molar-refractivity contribution < 1.29 is 0 Å². The third-order valence-electron chi connectivity index (χ3n) is 6.47. The zero-order chi connectivity index (χ0) is 14.2. The first-order valence-electron chi connectivity index (χ1n) is 9.05. The van der Waals surface area contributed by atoms with E-state index in [9.17, 15) is 0 Å². The molecule has 3 nitrogen and oxygen atoms in total. The molecule has 3 heteroatoms. The van der Waals surface area contributed by atoms with E-state index in [2.05, 4.69) is 29.3 Å². The molecule has 1 aromatic rings. The molecular weight excluding hydrogens is 258 g/mol. The second-order valence-corrected chi connectivity index (χ2v) is 7.66. The molecule has 4 rings (SSSR count). The molecule has 3 aliphatic rings. The van der Waals surface area contributed by atoms with Gasteiger partial charge in [-0.2, -0.15) is 5.10 Å². The van der Waals surface area contributed by atoms with Crippen LogP contribution in [0, 0.1) is 17.8 Å². The van der Waals surface area contributed by atoms with Gasteiger partial charge in [0.15, 0.2) is 0 Å². The Balaban J connectivity index is 1.41. The van der Waals surface area contributed by atoms with Gasteiger partial charge in [-0.05, 0) is 63.0 Å². The quantitative estimate of drug-likeness (QED) is 0.897. The number of hydrogen-bond acceptors (Lipinski definition) is 2. The van der Waals surface area contributed by atoms with Crippen LogP contribution in [0.15, 0.2) is 12.3 Å². The maximum atomic E-state index is 4.89. The molecule has 1 N–H and O–H groups in total. The number of nitrogens with one attached hydrogen (secondary N) is 1. The highest BCUT2D eigenvalue weighted by Crippen LogP contribution is 2.49. The fraction of sp³-hybridized carbons (Fsp3) is 0.833. The molecule has 1 aromatic heterocycles. The van der Waals surface area contributed by atoms with Crippen LogP contribution in [0.5, 0.6) is 0 Å². The van der Waals surface area contributed by atoms with E-state index in [1.807, 2.05) is 0 Å². The Morgan fingerprint density at radius 1 is 1.24 bits per heavy atom. The third-order valence-corrected chi connectivity index (χ3v) is 6.47. The molecule has 3 aliphatic carbocycles. The highest BCUT2D eigenvalue weighted by atomic mass is 15.3. The maximum Gasteiger partial charge on any atom is 0.0640 e. The largest absolute Gasteiger partial charge is 0.316 e. The van der Waals surface area contributed by atoms with Crippen molar-refractivity contribution in [2.45, 2.75) is 69.9 Å². The van der Waals surface area contributed by atoms with Crippen molar-refractivity contribution in [2.75, 3.05) is 7.05 Å². The van der Waals surface area contributed by atoms with E-state index in [1.54, 1.807) is 0 Å². The average molecular weight is 287 g/mol. The molecule has 2 bridgehead atoms. The topological polar surface area (TPSA) is 29.9 Å². The zero-order valence-electron chi connectivity index (χ0n) is 13.3. The van der Waals surface area contributed by atoms with Gasteiger partial charge in [0.1, 0.15) is 0 Å². The normalized spacial score (nSPS) is 33.9. The first-order chi connectivity index (χ1) is 10.3. The Labute approximate surface area is 128 Å². The van der Waals surface area contributed by atoms with E-state index in [4.69, 9.17) is 5.10 Å². The number of likely N-dealkylation sites (N-methyl/N-ethyl adjacent to an activating group) is 1. The summed E-state index contributed by atoms with van der Waals surface area (Å²) in [6.45, 7) is 0. The summed E-state index contributed by atoms with van der Waals surface area (Å²) in [5, 5.41) is 8.50. The van der Waals surface area contributed by atoms with Crippen LogP contribution in [0.25, 0.3) is 0 Å². The van der Waals surface area contributed by atoms with Gasteiger partial charge in [0.2, 0.25) is 0 Å². The van der Waals surface area contributed by atoms with Gasteiger partial charge in [0.25, 0.3) is 0 Å². The molecule has 0 spiro atoms. The first kappa shape index (κ1) is 13.8. The Kier molecular flexibility index (Phi) is 3.78. The van der Waals surface area contributed by atoms with E-state index in [0.717, 1.165) is 24.2 Å². The lowest BCUT2D eigenvalue weighted by molar-refractivity contribution is 0.254. The maximum absolute atomic E-state index is 4.89. The van der Waals surface area contributed by atoms with Gasteiger partial charge in [-0.25, -0.2) is 0 Å². The fourth-order valence-electron chi connectivity index (χ4n) is 5.34. The van der Waals surface area contributed by atoms with Crippen LogP contribution in [-0.2, 0) is 6.42 Å². The summed E-state index contributed by atoms with van der Waals surface area (Å²) in [6.07, 6.45) is 14.7. The van der Waals surface area contributed by atoms with Gasteiger partial charge in [0, 0.05) is 18.7 Å². The predicted octanol–water partition coefficient (Wildman–Crippen LogP) is 3.56. The Hall–Kier alpha value is -0.830. The van der Waals surface area contributed by atoms with Gasteiger partial charge >= 0.3 is 0 Å². The lowest BCUT2D eigenvalue weighted by atomic mass is 9.81. The Morgan fingerprint density at radius 2 is 2.10 bits per heavy atom. The van der Waals surface area contributed by atoms with Crippen LogP contribution in [0.1, 0.15) is 63.1 Å². The number of nitrogens with zero attached hydrogens (tertiary/aromatic N) is 2. The second kappa shape index (κ2) is 5.75. The summed E-state index contributed by atoms with van der Waals surface area (Å²) >= 11 is 0. The van der Waals surface area contributed by atoms with Gasteiger partial charge < -0.3 is 5.32 Å². The van der Waals surface area contributed by atoms with Crippen LogP contribution in [0.2, 0.25) is 0 Å². The summed E-state index contributed by atoms with van der Waals surface area (Å²) in [7, 11) is 2.14. The molecule has 3 fully saturated rings. The second-order valence-electron chi connectivity index (χ2n) is 7.66. The summed E-state index contributed by atoms with van der Waals surface area (Å²) in [4.78, 5) is 0. The Bertz CT molecular complexity index is 475. The molecule has 0 aromatic carbocycles. The number of aromatic nitrogens is 2. The molecule has 0 amide bonds. The van der Waals surface area contributed by atoms with Crippen molar-refractivity contribution in [3.05, 3.63) is 18.0 Å². The van der Waals surface area contributed by atoms with Crippen LogP contribution < -0.4 is 5.32 Å². The molecule has 0 aliphatic heterocycles. The SMILES string of the molecule is CNC(Cc1ccn(C2CCCC2)n1)C1CC2CCC1C2. The van der Waals surface area contributed by atoms with Crippen LogP contribution in [-0.4, -0.2) is 22.9 Å². The summed E-state index contributed by atoms with van der Waals surface area (Å²) in [6, 6.07) is 3.57. The van der Waals surface area contributed by atoms with Crippen molar-refractivity contribution in [2.24, 2.45) is 17.8 Å². The molecular formula is C18H29N3. The summed E-state index contributed by atoms with van der Waals surface area (Å²) < 4.78 is 2.25. The number of rotatable bonds is 5. The Morgan fingerprint density at radius 3 is 2.76 bits per heavy atom. The molecule has 21 heavy (non-hydrogen) atoms. The van der Waals surface area contributed by atoms with Gasteiger partial charge in [-0.3, -0.25) is 4.68 Å². The highest BCUT2D eigenvalue weighted by Gasteiger charge is 2.42. The molecule has 4 atom stereocenters. The minimum atomic E-state index is 0.632. The van der Waals surface area contributed by atoms with E-state index < -0.39 is 0 Å². The van der Waals surface area contributed by atoms with Gasteiger partial charge in [-0.1, -0.05) is 19.3 Å². The van der Waals surface area contributed by atoms with Crippen molar-refractivity contribution in [1.82, 2.24) is 15.1 Å². The highest BCUT2D eigenvalue weighted by molar-refractivity contribution is 5.05. The van der Waals surface area contributed by atoms with E-state index >= 15 is 0 Å². The molecule has 1 heterocycles. The van der Waals surface area contributed by atoms with E-state index in [1.165, 1.54) is 57.1 Å². The zero-order valence-corrected chi connectivity index (χ0v) is 13.3. The van der Waals surface area contributed by atoms with Gasteiger partial charge in [0.05, 0.1) is 11.7 Å². The van der Waals surface area contributed by atoms with Crippen molar-refractivity contribution in [3.8, 4) is 0 Å². The molecule has 116 valence electrons. The lowest BCUT2D eigenvalue weighted by Crippen LogP contribution is -2.38. The molecule has 0 saturated heterocycles. The fourth-order valence-corrected chi connectivity index (χ4v) is 5.34. The van der Waals surface area contributed by atoms with E-state index in [0.29, 0.717) is 12.1 Å². The third kappa shape index (κ3) is 2.65. The summed E-state index contributed by atoms with van der Waals surface area (Å²) in [5.74, 6) is 2.92. The van der Waals surface area contributed by atoms with Crippen LogP contribution in [0.3, 0.4) is 0 Å². The molecule has 0 radical (unpaired) electrons. The average Bonchev–Trinajstić information content (AvgIpc) is 3.28. The van der Waals surface area contributed by atoms with Crippen LogP contribution in [0.4, 0.5) is 0 Å². The first-order valence-corrected chi connectivity index (χ1v) is 9.05. The smallest absolute Gasteiger partial charge is 0.0640 e. The van der Waals surface area contributed by atoms with Gasteiger partial charge in [-0.15, -0.1) is 0 Å². The minimum absolute atomic E-state index is 0.632.